The number of β-amino-alcohol motifs (C(OH)–C–C–N with tert-alkyl or cyclic N) is 1. The van der Waals surface area contributed by atoms with Crippen LogP contribution in [-0.2, 0) is 9.53 Å². The number of esters is 1. The largest absolute Gasteiger partial charge is 0.468 e. The Bertz CT molecular complexity index is 294. The van der Waals surface area contributed by atoms with Crippen molar-refractivity contribution in [1.29, 1.82) is 0 Å². The molecular formula is C11H19NO3. The van der Waals surface area contributed by atoms with Gasteiger partial charge < -0.3 is 14.7 Å². The number of hydrogen-bond donors (Lipinski definition) is 1. The Kier molecular flexibility index (Phi) is 2.32. The molecule has 0 aromatic heterocycles. The maximum atomic E-state index is 11.8. The first-order valence-corrected chi connectivity index (χ1v) is 5.45. The maximum Gasteiger partial charge on any atom is 0.315 e. The number of methoxy groups -OCH3 is 1. The number of carbonyl (C=O) groups is 1. The first-order valence-electron chi connectivity index (χ1n) is 5.45. The van der Waals surface area contributed by atoms with E-state index in [9.17, 15) is 9.90 Å². The normalized spacial score (nSPS) is 45.5. The van der Waals surface area contributed by atoms with E-state index in [2.05, 4.69) is 4.90 Å². The molecule has 0 bridgehead atoms. The van der Waals surface area contributed by atoms with Crippen molar-refractivity contribution in [1.82, 2.24) is 4.90 Å². The summed E-state index contributed by atoms with van der Waals surface area (Å²) < 4.78 is 4.84. The molecule has 0 amide bonds. The highest BCUT2D eigenvalue weighted by Crippen LogP contribution is 2.62. The van der Waals surface area contributed by atoms with Crippen LogP contribution in [0.15, 0.2) is 0 Å². The third kappa shape index (κ3) is 1.31. The van der Waals surface area contributed by atoms with Gasteiger partial charge >= 0.3 is 5.97 Å². The molecule has 3 atom stereocenters. The van der Waals surface area contributed by atoms with E-state index < -0.39 is 11.0 Å². The maximum absolute atomic E-state index is 11.8. The monoisotopic (exact) mass is 213 g/mol. The van der Waals surface area contributed by atoms with E-state index in [1.807, 2.05) is 14.0 Å². The van der Waals surface area contributed by atoms with Gasteiger partial charge in [0.25, 0.3) is 0 Å². The molecule has 4 nitrogen and oxygen atoms in total. The highest BCUT2D eigenvalue weighted by molar-refractivity contribution is 5.82. The summed E-state index contributed by atoms with van der Waals surface area (Å²) in [5.74, 6) is -0.00532. The van der Waals surface area contributed by atoms with E-state index in [0.29, 0.717) is 13.0 Å². The summed E-state index contributed by atoms with van der Waals surface area (Å²) in [5.41, 5.74) is -1.51. The van der Waals surface area contributed by atoms with Crippen molar-refractivity contribution in [2.45, 2.75) is 25.4 Å². The van der Waals surface area contributed by atoms with Gasteiger partial charge in [-0.3, -0.25) is 4.79 Å². The molecular weight excluding hydrogens is 194 g/mol. The lowest BCUT2D eigenvalue weighted by atomic mass is 9.81. The zero-order chi connectivity index (χ0) is 11.3. The molecule has 86 valence electrons. The topological polar surface area (TPSA) is 49.8 Å². The van der Waals surface area contributed by atoms with Crippen LogP contribution >= 0.6 is 0 Å². The van der Waals surface area contributed by atoms with Gasteiger partial charge in [0.15, 0.2) is 0 Å². The highest BCUT2D eigenvalue weighted by atomic mass is 16.5. The second-order valence-corrected chi connectivity index (χ2v) is 5.09. The molecule has 1 aliphatic heterocycles. The Hall–Kier alpha value is -0.610. The van der Waals surface area contributed by atoms with Crippen LogP contribution < -0.4 is 0 Å². The van der Waals surface area contributed by atoms with Gasteiger partial charge in [0.1, 0.15) is 5.41 Å². The van der Waals surface area contributed by atoms with Gasteiger partial charge in [0.2, 0.25) is 0 Å². The van der Waals surface area contributed by atoms with Crippen molar-refractivity contribution < 1.29 is 14.6 Å². The summed E-state index contributed by atoms with van der Waals surface area (Å²) in [6.45, 7) is 3.43. The van der Waals surface area contributed by atoms with Crippen LogP contribution in [0.5, 0.6) is 0 Å². The molecule has 0 radical (unpaired) electrons. The SMILES string of the molecule is COC(=O)C1(C2(O)CCN(C)C2)CC1C. The average Bonchev–Trinajstić information content (AvgIpc) is 2.76. The highest BCUT2D eigenvalue weighted by Gasteiger charge is 2.71. The Morgan fingerprint density at radius 3 is 2.53 bits per heavy atom. The van der Waals surface area contributed by atoms with Crippen LogP contribution in [0, 0.1) is 11.3 Å². The molecule has 0 aromatic carbocycles. The van der Waals surface area contributed by atoms with Crippen LogP contribution in [0.3, 0.4) is 0 Å². The summed E-state index contributed by atoms with van der Waals surface area (Å²) >= 11 is 0. The number of aliphatic hydroxyl groups is 1. The zero-order valence-corrected chi connectivity index (χ0v) is 9.62. The van der Waals surface area contributed by atoms with Crippen LogP contribution in [0.2, 0.25) is 0 Å². The summed E-state index contributed by atoms with van der Waals surface area (Å²) in [6, 6.07) is 0. The summed E-state index contributed by atoms with van der Waals surface area (Å²) in [4.78, 5) is 13.9. The average molecular weight is 213 g/mol. The molecule has 1 aliphatic carbocycles. The fourth-order valence-electron chi connectivity index (χ4n) is 3.07. The van der Waals surface area contributed by atoms with Gasteiger partial charge in [-0.25, -0.2) is 0 Å². The predicted molar refractivity (Wildman–Crippen MR) is 55.3 cm³/mol. The van der Waals surface area contributed by atoms with Gasteiger partial charge in [0.05, 0.1) is 12.7 Å². The molecule has 1 N–H and O–H groups in total. The summed E-state index contributed by atoms with van der Waals surface area (Å²) in [6.07, 6.45) is 1.42. The summed E-state index contributed by atoms with van der Waals surface area (Å²) in [5, 5.41) is 10.6. The number of rotatable bonds is 2. The molecule has 15 heavy (non-hydrogen) atoms. The third-order valence-electron chi connectivity index (χ3n) is 4.13. The van der Waals surface area contributed by atoms with Crippen molar-refractivity contribution in [2.24, 2.45) is 11.3 Å². The standard InChI is InChI=1S/C11H19NO3/c1-8-6-11(8,9(13)15-3)10(14)4-5-12(2)7-10/h8,14H,4-7H2,1-3H3. The molecule has 3 unspecified atom stereocenters. The Balaban J connectivity index is 2.24. The van der Waals surface area contributed by atoms with Gasteiger partial charge in [-0.2, -0.15) is 0 Å². The van der Waals surface area contributed by atoms with Crippen molar-refractivity contribution in [3.05, 3.63) is 0 Å². The smallest absolute Gasteiger partial charge is 0.315 e. The third-order valence-corrected chi connectivity index (χ3v) is 4.13. The molecule has 1 saturated heterocycles. The molecule has 4 heteroatoms. The second kappa shape index (κ2) is 3.19. The first-order chi connectivity index (χ1) is 6.96. The number of ether oxygens (including phenoxy) is 1. The molecule has 1 heterocycles. The van der Waals surface area contributed by atoms with Crippen LogP contribution in [0.1, 0.15) is 19.8 Å². The van der Waals surface area contributed by atoms with Crippen LogP contribution in [0.25, 0.3) is 0 Å². The molecule has 0 spiro atoms. The second-order valence-electron chi connectivity index (χ2n) is 5.09. The molecule has 1 saturated carbocycles. The number of carbonyl (C=O) groups excluding carboxylic acids is 1. The number of likely N-dealkylation sites (tertiary alicyclic amines) is 1. The van der Waals surface area contributed by atoms with E-state index in [4.69, 9.17) is 4.74 Å². The van der Waals surface area contributed by atoms with Gasteiger partial charge in [-0.1, -0.05) is 6.92 Å². The molecule has 2 fully saturated rings. The number of likely N-dealkylation sites (N-methyl/N-ethyl adjacent to an activating group) is 1. The Labute approximate surface area is 90.2 Å². The predicted octanol–water partition coefficient (Wildman–Crippen LogP) is 0.252. The fourth-order valence-corrected chi connectivity index (χ4v) is 3.07. The van der Waals surface area contributed by atoms with E-state index >= 15 is 0 Å². The number of nitrogens with zero attached hydrogens (tertiary/aromatic N) is 1. The minimum atomic E-state index is -0.881. The lowest BCUT2D eigenvalue weighted by molar-refractivity contribution is -0.160. The lowest BCUT2D eigenvalue weighted by Gasteiger charge is -2.31. The Morgan fingerprint density at radius 1 is 1.60 bits per heavy atom. The quantitative estimate of drug-likeness (QED) is 0.668. The molecule has 2 aliphatic rings. The van der Waals surface area contributed by atoms with E-state index in [1.165, 1.54) is 7.11 Å². The minimum absolute atomic E-state index is 0.237. The minimum Gasteiger partial charge on any atom is -0.468 e. The van der Waals surface area contributed by atoms with E-state index in [0.717, 1.165) is 13.0 Å². The fraction of sp³-hybridized carbons (Fsp3) is 0.909. The summed E-state index contributed by atoms with van der Waals surface area (Å²) in [7, 11) is 3.37. The van der Waals surface area contributed by atoms with Gasteiger partial charge in [-0.05, 0) is 25.8 Å². The zero-order valence-electron chi connectivity index (χ0n) is 9.62. The van der Waals surface area contributed by atoms with Crippen molar-refractivity contribution >= 4 is 5.97 Å². The van der Waals surface area contributed by atoms with E-state index in [-0.39, 0.29) is 11.9 Å². The van der Waals surface area contributed by atoms with Crippen molar-refractivity contribution in [3.8, 4) is 0 Å². The van der Waals surface area contributed by atoms with E-state index in [1.54, 1.807) is 0 Å². The van der Waals surface area contributed by atoms with Crippen molar-refractivity contribution in [2.75, 3.05) is 27.2 Å². The van der Waals surface area contributed by atoms with Crippen LogP contribution in [-0.4, -0.2) is 48.8 Å². The van der Waals surface area contributed by atoms with Crippen molar-refractivity contribution in [3.63, 3.8) is 0 Å². The van der Waals surface area contributed by atoms with Gasteiger partial charge in [0, 0.05) is 13.1 Å². The molecule has 2 rings (SSSR count). The molecule has 0 aromatic rings. The van der Waals surface area contributed by atoms with Crippen LogP contribution in [0.4, 0.5) is 0 Å². The lowest BCUT2D eigenvalue weighted by Crippen LogP contribution is -2.47. The van der Waals surface area contributed by atoms with Gasteiger partial charge in [-0.15, -0.1) is 0 Å². The first kappa shape index (κ1) is 10.9. The number of hydrogen-bond acceptors (Lipinski definition) is 4. The Morgan fingerprint density at radius 2 is 2.20 bits per heavy atom.